The van der Waals surface area contributed by atoms with Crippen LogP contribution in [-0.2, 0) is 6.18 Å². The number of aromatic nitrogens is 2. The van der Waals surface area contributed by atoms with Crippen molar-refractivity contribution in [3.63, 3.8) is 0 Å². The average molecular weight is 272 g/mol. The number of carbonyl (C=O) groups is 1. The summed E-state index contributed by atoms with van der Waals surface area (Å²) in [4.78, 5) is 10.6. The van der Waals surface area contributed by atoms with E-state index in [1.54, 1.807) is 0 Å². The van der Waals surface area contributed by atoms with E-state index in [2.05, 4.69) is 10.2 Å². The van der Waals surface area contributed by atoms with E-state index in [9.17, 15) is 18.0 Å². The Morgan fingerprint density at radius 1 is 1.26 bits per heavy atom. The molecule has 2 rings (SSSR count). The Morgan fingerprint density at radius 3 is 2.47 bits per heavy atom. The third-order valence-corrected chi connectivity index (χ3v) is 2.39. The lowest BCUT2D eigenvalue weighted by atomic mass is 10.0. The van der Waals surface area contributed by atoms with Crippen molar-refractivity contribution in [1.82, 2.24) is 10.2 Å². The fraction of sp³-hybridized carbons (Fsp3) is 0.0909. The standard InChI is InChI=1S/C11H7F3N2O3/c12-11(13,14)7-3-5(17)1-2-6(7)8-4-9(10(18)19)16-15-8/h1-4,17H,(H,15,16)(H,18,19). The molecule has 0 bridgehead atoms. The van der Waals surface area contributed by atoms with Crippen molar-refractivity contribution < 1.29 is 28.2 Å². The van der Waals surface area contributed by atoms with Crippen molar-refractivity contribution in [2.75, 3.05) is 0 Å². The van der Waals surface area contributed by atoms with Crippen LogP contribution in [0.15, 0.2) is 24.3 Å². The van der Waals surface area contributed by atoms with Crippen molar-refractivity contribution in [3.05, 3.63) is 35.5 Å². The van der Waals surface area contributed by atoms with Gasteiger partial charge in [-0.3, -0.25) is 5.10 Å². The second kappa shape index (κ2) is 4.30. The smallest absolute Gasteiger partial charge is 0.417 e. The number of H-pyrrole nitrogens is 1. The van der Waals surface area contributed by atoms with Crippen molar-refractivity contribution >= 4 is 5.97 Å². The first kappa shape index (κ1) is 12.9. The van der Waals surface area contributed by atoms with E-state index in [0.717, 1.165) is 18.2 Å². The van der Waals surface area contributed by atoms with E-state index in [1.807, 2.05) is 0 Å². The maximum absolute atomic E-state index is 12.8. The van der Waals surface area contributed by atoms with Crippen LogP contribution >= 0.6 is 0 Å². The number of rotatable bonds is 2. The SMILES string of the molecule is O=C(O)c1cc(-c2ccc(O)cc2C(F)(F)F)n[nH]1. The molecular weight excluding hydrogens is 265 g/mol. The van der Waals surface area contributed by atoms with Gasteiger partial charge in [-0.1, -0.05) is 0 Å². The predicted molar refractivity (Wildman–Crippen MR) is 57.6 cm³/mol. The molecule has 0 saturated carbocycles. The fourth-order valence-corrected chi connectivity index (χ4v) is 1.56. The van der Waals surface area contributed by atoms with Crippen molar-refractivity contribution in [2.24, 2.45) is 0 Å². The molecule has 3 N–H and O–H groups in total. The number of carboxylic acid groups (broad SMARTS) is 1. The van der Waals surface area contributed by atoms with Gasteiger partial charge >= 0.3 is 12.1 Å². The lowest BCUT2D eigenvalue weighted by molar-refractivity contribution is -0.137. The Morgan fingerprint density at radius 2 is 1.95 bits per heavy atom. The van der Waals surface area contributed by atoms with Gasteiger partial charge in [0.2, 0.25) is 0 Å². The van der Waals surface area contributed by atoms with E-state index < -0.39 is 23.5 Å². The quantitative estimate of drug-likeness (QED) is 0.784. The Kier molecular flexibility index (Phi) is 2.93. The molecular formula is C11H7F3N2O3. The third kappa shape index (κ3) is 2.51. The van der Waals surface area contributed by atoms with Crippen LogP contribution in [0.2, 0.25) is 0 Å². The molecule has 5 nitrogen and oxygen atoms in total. The number of nitrogens with zero attached hydrogens (tertiary/aromatic N) is 1. The lowest BCUT2D eigenvalue weighted by Crippen LogP contribution is -2.07. The minimum Gasteiger partial charge on any atom is -0.508 e. The van der Waals surface area contributed by atoms with Gasteiger partial charge in [0.15, 0.2) is 0 Å². The maximum Gasteiger partial charge on any atom is 0.417 e. The molecule has 1 aromatic carbocycles. The number of carboxylic acids is 1. The van der Waals surface area contributed by atoms with Gasteiger partial charge in [-0.2, -0.15) is 18.3 Å². The summed E-state index contributed by atoms with van der Waals surface area (Å²) < 4.78 is 38.4. The molecule has 0 radical (unpaired) electrons. The molecule has 1 heterocycles. The van der Waals surface area contributed by atoms with Gasteiger partial charge in [0, 0.05) is 5.56 Å². The first-order chi connectivity index (χ1) is 8.79. The molecule has 0 fully saturated rings. The molecule has 0 aliphatic heterocycles. The molecule has 0 saturated heterocycles. The van der Waals surface area contributed by atoms with Crippen LogP contribution in [0.25, 0.3) is 11.3 Å². The third-order valence-electron chi connectivity index (χ3n) is 2.39. The molecule has 2 aromatic rings. The number of aromatic hydroxyl groups is 1. The highest BCUT2D eigenvalue weighted by atomic mass is 19.4. The summed E-state index contributed by atoms with van der Waals surface area (Å²) in [5.74, 6) is -1.86. The maximum atomic E-state index is 12.8. The molecule has 0 amide bonds. The number of hydrogen-bond donors (Lipinski definition) is 3. The highest BCUT2D eigenvalue weighted by Crippen LogP contribution is 2.38. The number of halogens is 3. The molecule has 1 aromatic heterocycles. The Bertz CT molecular complexity index is 634. The summed E-state index contributed by atoms with van der Waals surface area (Å²) in [7, 11) is 0. The second-order valence-electron chi connectivity index (χ2n) is 3.70. The molecule has 19 heavy (non-hydrogen) atoms. The van der Waals surface area contributed by atoms with Crippen LogP contribution in [-0.4, -0.2) is 26.4 Å². The van der Waals surface area contributed by atoms with E-state index in [4.69, 9.17) is 10.2 Å². The minimum atomic E-state index is -4.68. The monoisotopic (exact) mass is 272 g/mol. The lowest BCUT2D eigenvalue weighted by Gasteiger charge is -2.11. The van der Waals surface area contributed by atoms with Gasteiger partial charge in [-0.25, -0.2) is 4.79 Å². The summed E-state index contributed by atoms with van der Waals surface area (Å²) in [5.41, 5.74) is -1.88. The zero-order valence-corrected chi connectivity index (χ0v) is 9.19. The zero-order valence-electron chi connectivity index (χ0n) is 9.19. The second-order valence-corrected chi connectivity index (χ2v) is 3.70. The van der Waals surface area contributed by atoms with Crippen LogP contribution < -0.4 is 0 Å². The zero-order chi connectivity index (χ0) is 14.2. The Balaban J connectivity index is 2.58. The fourth-order valence-electron chi connectivity index (χ4n) is 1.56. The Hall–Kier alpha value is -2.51. The Labute approximate surface area is 104 Å². The van der Waals surface area contributed by atoms with Crippen LogP contribution in [0, 0.1) is 0 Å². The number of nitrogens with one attached hydrogen (secondary N) is 1. The molecule has 0 spiro atoms. The summed E-state index contributed by atoms with van der Waals surface area (Å²) in [5, 5.41) is 23.4. The van der Waals surface area contributed by atoms with Crippen LogP contribution in [0.4, 0.5) is 13.2 Å². The van der Waals surface area contributed by atoms with E-state index in [-0.39, 0.29) is 17.0 Å². The van der Waals surface area contributed by atoms with E-state index in [0.29, 0.717) is 6.07 Å². The van der Waals surface area contributed by atoms with Crippen molar-refractivity contribution in [2.45, 2.75) is 6.18 Å². The van der Waals surface area contributed by atoms with Crippen LogP contribution in [0.3, 0.4) is 0 Å². The van der Waals surface area contributed by atoms with Crippen molar-refractivity contribution in [3.8, 4) is 17.0 Å². The van der Waals surface area contributed by atoms with Gasteiger partial charge in [0.25, 0.3) is 0 Å². The normalized spacial score (nSPS) is 11.5. The van der Waals surface area contributed by atoms with Crippen LogP contribution in [0.5, 0.6) is 5.75 Å². The largest absolute Gasteiger partial charge is 0.508 e. The number of phenols is 1. The topological polar surface area (TPSA) is 86.2 Å². The minimum absolute atomic E-state index is 0.162. The molecule has 0 aliphatic carbocycles. The number of phenolic OH excluding ortho intramolecular Hbond substituents is 1. The highest BCUT2D eigenvalue weighted by Gasteiger charge is 2.34. The molecule has 100 valence electrons. The number of benzene rings is 1. The molecule has 0 atom stereocenters. The number of alkyl halides is 3. The summed E-state index contributed by atoms with van der Waals surface area (Å²) in [6.07, 6.45) is -4.68. The summed E-state index contributed by atoms with van der Waals surface area (Å²) in [6, 6.07) is 3.65. The van der Waals surface area contributed by atoms with E-state index >= 15 is 0 Å². The number of aromatic carboxylic acids is 1. The molecule has 8 heteroatoms. The van der Waals surface area contributed by atoms with E-state index in [1.165, 1.54) is 0 Å². The molecule has 0 aliphatic rings. The summed E-state index contributed by atoms with van der Waals surface area (Å²) in [6.45, 7) is 0. The number of hydrogen-bond acceptors (Lipinski definition) is 3. The van der Waals surface area contributed by atoms with Crippen LogP contribution in [0.1, 0.15) is 16.1 Å². The molecule has 0 unspecified atom stereocenters. The van der Waals surface area contributed by atoms with Gasteiger partial charge in [0.05, 0.1) is 11.3 Å². The van der Waals surface area contributed by atoms with Gasteiger partial charge in [-0.05, 0) is 24.3 Å². The number of aromatic amines is 1. The predicted octanol–water partition coefficient (Wildman–Crippen LogP) is 2.50. The first-order valence-corrected chi connectivity index (χ1v) is 4.98. The van der Waals surface area contributed by atoms with Gasteiger partial charge < -0.3 is 10.2 Å². The average Bonchev–Trinajstić information content (AvgIpc) is 2.77. The van der Waals surface area contributed by atoms with Crippen molar-refractivity contribution in [1.29, 1.82) is 0 Å². The van der Waals surface area contributed by atoms with Gasteiger partial charge in [0.1, 0.15) is 11.4 Å². The first-order valence-electron chi connectivity index (χ1n) is 4.98. The highest BCUT2D eigenvalue weighted by molar-refractivity contribution is 5.87. The summed E-state index contributed by atoms with van der Waals surface area (Å²) >= 11 is 0. The van der Waals surface area contributed by atoms with Gasteiger partial charge in [-0.15, -0.1) is 0 Å².